The molecule has 0 unspecified atom stereocenters. The zero-order valence-corrected chi connectivity index (χ0v) is 8.62. The van der Waals surface area contributed by atoms with Crippen LogP contribution in [0.25, 0.3) is 0 Å². The number of rotatable bonds is 2. The first-order valence-corrected chi connectivity index (χ1v) is 5.17. The number of fused-ring (bicyclic) bond motifs is 3. The zero-order valence-electron chi connectivity index (χ0n) is 8.62. The highest BCUT2D eigenvalue weighted by molar-refractivity contribution is 5.79. The normalized spacial score (nSPS) is 46.5. The monoisotopic (exact) mass is 214 g/mol. The van der Waals surface area contributed by atoms with Crippen molar-refractivity contribution < 1.29 is 24.1 Å². The third-order valence-corrected chi connectivity index (χ3v) is 3.58. The van der Waals surface area contributed by atoms with Gasteiger partial charge in [0.2, 0.25) is 0 Å². The first kappa shape index (κ1) is 9.57. The highest BCUT2D eigenvalue weighted by atomic mass is 16.9. The van der Waals surface area contributed by atoms with E-state index >= 15 is 0 Å². The van der Waals surface area contributed by atoms with E-state index in [1.165, 1.54) is 0 Å². The third kappa shape index (κ3) is 1.06. The van der Waals surface area contributed by atoms with Gasteiger partial charge in [0.05, 0.1) is 19.8 Å². The van der Waals surface area contributed by atoms with E-state index in [4.69, 9.17) is 14.2 Å². The fraction of sp³-hybridized carbons (Fsp3) is 0.900. The molecule has 1 N–H and O–H groups in total. The quantitative estimate of drug-likeness (QED) is 0.728. The lowest BCUT2D eigenvalue weighted by atomic mass is 9.89. The van der Waals surface area contributed by atoms with Crippen molar-refractivity contribution >= 4 is 5.97 Å². The van der Waals surface area contributed by atoms with Crippen LogP contribution < -0.4 is 0 Å². The molecule has 0 amide bonds. The van der Waals surface area contributed by atoms with Crippen molar-refractivity contribution in [2.24, 2.45) is 10.8 Å². The van der Waals surface area contributed by atoms with Gasteiger partial charge >= 0.3 is 5.97 Å². The Labute approximate surface area is 87.3 Å². The fourth-order valence-electron chi connectivity index (χ4n) is 2.25. The first-order valence-electron chi connectivity index (χ1n) is 5.17. The van der Waals surface area contributed by atoms with Crippen LogP contribution in [0.4, 0.5) is 0 Å². The van der Waals surface area contributed by atoms with Crippen LogP contribution >= 0.6 is 0 Å². The lowest BCUT2D eigenvalue weighted by Gasteiger charge is -2.52. The Morgan fingerprint density at radius 2 is 1.60 bits per heavy atom. The standard InChI is InChI=1S/C10H14O5/c1-8-4-13-10(14-5-8,15-6-8)9(2-3-9)7(11)12/h2-6H2,1H3,(H,11,12). The SMILES string of the molecule is CC12COC(C3(C(=O)O)CC3)(OC1)OC2. The summed E-state index contributed by atoms with van der Waals surface area (Å²) in [6.45, 7) is 3.56. The summed E-state index contributed by atoms with van der Waals surface area (Å²) in [5, 5.41) is 9.19. The molecule has 5 nitrogen and oxygen atoms in total. The maximum Gasteiger partial charge on any atom is 0.317 e. The number of hydrogen-bond donors (Lipinski definition) is 1. The Balaban J connectivity index is 1.90. The second kappa shape index (κ2) is 2.53. The van der Waals surface area contributed by atoms with Crippen LogP contribution in [0.3, 0.4) is 0 Å². The van der Waals surface area contributed by atoms with Gasteiger partial charge in [0.15, 0.2) is 0 Å². The second-order valence-electron chi connectivity index (χ2n) is 5.12. The van der Waals surface area contributed by atoms with Gasteiger partial charge in [0, 0.05) is 5.41 Å². The Hall–Kier alpha value is -0.650. The van der Waals surface area contributed by atoms with E-state index in [0.717, 1.165) is 0 Å². The summed E-state index contributed by atoms with van der Waals surface area (Å²) in [7, 11) is 0. The van der Waals surface area contributed by atoms with Crippen molar-refractivity contribution in [3.63, 3.8) is 0 Å². The van der Waals surface area contributed by atoms with E-state index in [9.17, 15) is 9.90 Å². The van der Waals surface area contributed by atoms with Crippen LogP contribution in [0.15, 0.2) is 0 Å². The molecule has 4 aliphatic rings. The van der Waals surface area contributed by atoms with Crippen molar-refractivity contribution in [1.82, 2.24) is 0 Å². The Morgan fingerprint density at radius 1 is 1.13 bits per heavy atom. The molecule has 3 aliphatic heterocycles. The first-order chi connectivity index (χ1) is 7.02. The lowest BCUT2D eigenvalue weighted by molar-refractivity contribution is -0.485. The average Bonchev–Trinajstić information content (AvgIpc) is 3.00. The predicted octanol–water partition coefficient (Wildman–Crippen LogP) is 0.588. The predicted molar refractivity (Wildman–Crippen MR) is 48.0 cm³/mol. The number of ether oxygens (including phenoxy) is 3. The van der Waals surface area contributed by atoms with Crippen LogP contribution in [-0.4, -0.2) is 36.9 Å². The van der Waals surface area contributed by atoms with Crippen LogP contribution in [-0.2, 0) is 19.0 Å². The second-order valence-corrected chi connectivity index (χ2v) is 5.12. The fourth-order valence-corrected chi connectivity index (χ4v) is 2.25. The molecule has 1 aliphatic carbocycles. The molecule has 0 aromatic heterocycles. The average molecular weight is 214 g/mol. The summed E-state index contributed by atoms with van der Waals surface area (Å²) >= 11 is 0. The van der Waals surface area contributed by atoms with E-state index in [-0.39, 0.29) is 5.41 Å². The lowest BCUT2D eigenvalue weighted by Crippen LogP contribution is -2.64. The van der Waals surface area contributed by atoms with E-state index < -0.39 is 17.4 Å². The molecule has 4 rings (SSSR count). The summed E-state index contributed by atoms with van der Waals surface area (Å²) in [5.41, 5.74) is -1.08. The summed E-state index contributed by atoms with van der Waals surface area (Å²) in [6, 6.07) is 0. The van der Waals surface area contributed by atoms with Crippen LogP contribution in [0, 0.1) is 10.8 Å². The maximum absolute atomic E-state index is 11.2. The van der Waals surface area contributed by atoms with Crippen LogP contribution in [0.1, 0.15) is 19.8 Å². The Kier molecular flexibility index (Phi) is 1.62. The van der Waals surface area contributed by atoms with Crippen molar-refractivity contribution in [1.29, 1.82) is 0 Å². The van der Waals surface area contributed by atoms with Gasteiger partial charge in [-0.15, -0.1) is 0 Å². The molecule has 0 spiro atoms. The number of carboxylic acids is 1. The summed E-state index contributed by atoms with van der Waals surface area (Å²) in [6.07, 6.45) is 1.14. The van der Waals surface area contributed by atoms with Crippen molar-refractivity contribution in [3.05, 3.63) is 0 Å². The molecule has 4 fully saturated rings. The van der Waals surface area contributed by atoms with Crippen molar-refractivity contribution in [2.75, 3.05) is 19.8 Å². The number of aliphatic carboxylic acids is 1. The molecule has 84 valence electrons. The summed E-state index contributed by atoms with van der Waals surface area (Å²) < 4.78 is 16.6. The molecule has 5 heteroatoms. The van der Waals surface area contributed by atoms with Crippen LogP contribution in [0.5, 0.6) is 0 Å². The Morgan fingerprint density at radius 3 is 1.93 bits per heavy atom. The molecule has 0 aromatic rings. The number of hydrogen-bond acceptors (Lipinski definition) is 4. The Bertz CT molecular complexity index is 295. The summed E-state index contributed by atoms with van der Waals surface area (Å²) in [5.74, 6) is -2.19. The zero-order chi connectivity index (χ0) is 10.7. The molecule has 3 heterocycles. The van der Waals surface area contributed by atoms with Crippen LogP contribution in [0.2, 0.25) is 0 Å². The topological polar surface area (TPSA) is 65.0 Å². The molecule has 1 saturated carbocycles. The van der Waals surface area contributed by atoms with Crippen molar-refractivity contribution in [2.45, 2.75) is 25.7 Å². The molecular formula is C10H14O5. The van der Waals surface area contributed by atoms with E-state index in [1.807, 2.05) is 6.92 Å². The van der Waals surface area contributed by atoms with Gasteiger partial charge in [-0.1, -0.05) is 6.92 Å². The van der Waals surface area contributed by atoms with Gasteiger partial charge in [-0.3, -0.25) is 4.79 Å². The maximum atomic E-state index is 11.2. The van der Waals surface area contributed by atoms with Gasteiger partial charge in [-0.25, -0.2) is 0 Å². The smallest absolute Gasteiger partial charge is 0.317 e. The van der Waals surface area contributed by atoms with E-state index in [1.54, 1.807) is 0 Å². The minimum atomic E-state index is -1.31. The molecule has 15 heavy (non-hydrogen) atoms. The third-order valence-electron chi connectivity index (χ3n) is 3.58. The molecule has 0 atom stereocenters. The van der Waals surface area contributed by atoms with Gasteiger partial charge < -0.3 is 19.3 Å². The van der Waals surface area contributed by atoms with Gasteiger partial charge in [0.1, 0.15) is 5.41 Å². The van der Waals surface area contributed by atoms with Gasteiger partial charge in [0.25, 0.3) is 5.97 Å². The molecule has 2 bridgehead atoms. The van der Waals surface area contributed by atoms with Gasteiger partial charge in [-0.2, -0.15) is 0 Å². The largest absolute Gasteiger partial charge is 0.481 e. The van der Waals surface area contributed by atoms with E-state index in [0.29, 0.717) is 32.7 Å². The molecule has 0 radical (unpaired) electrons. The minimum absolute atomic E-state index is 0.115. The highest BCUT2D eigenvalue weighted by Crippen LogP contribution is 2.60. The number of carbonyl (C=O) groups is 1. The van der Waals surface area contributed by atoms with Crippen molar-refractivity contribution in [3.8, 4) is 0 Å². The van der Waals surface area contributed by atoms with E-state index in [2.05, 4.69) is 0 Å². The number of carboxylic acid groups (broad SMARTS) is 1. The molecule has 0 aromatic carbocycles. The molecular weight excluding hydrogens is 200 g/mol. The molecule has 3 saturated heterocycles. The van der Waals surface area contributed by atoms with Gasteiger partial charge in [-0.05, 0) is 12.8 Å². The minimum Gasteiger partial charge on any atom is -0.481 e. The highest BCUT2D eigenvalue weighted by Gasteiger charge is 2.72. The summed E-state index contributed by atoms with van der Waals surface area (Å²) in [4.78, 5) is 11.2.